The molecule has 1 aromatic rings. The predicted octanol–water partition coefficient (Wildman–Crippen LogP) is 1.60. The molecule has 0 unspecified atom stereocenters. The summed E-state index contributed by atoms with van der Waals surface area (Å²) in [5, 5.41) is 2.95. The standard InChI is InChI=1S/C15H23N3O/c1-12-3-2-4-14(9-12)17-15(19)11-18-7-5-13(10-16)6-8-18/h2-4,9,13H,5-8,10-11,16H2,1H3,(H,17,19). The van der Waals surface area contributed by atoms with Crippen LogP contribution in [0.15, 0.2) is 24.3 Å². The van der Waals surface area contributed by atoms with Crippen LogP contribution in [-0.4, -0.2) is 37.0 Å². The molecule has 1 amide bonds. The van der Waals surface area contributed by atoms with E-state index in [1.807, 2.05) is 31.2 Å². The molecular formula is C15H23N3O. The number of hydrogen-bond donors (Lipinski definition) is 2. The van der Waals surface area contributed by atoms with E-state index in [1.54, 1.807) is 0 Å². The van der Waals surface area contributed by atoms with E-state index in [2.05, 4.69) is 10.2 Å². The minimum Gasteiger partial charge on any atom is -0.330 e. The molecule has 0 aromatic heterocycles. The molecule has 0 bridgehead atoms. The molecule has 1 saturated heterocycles. The number of rotatable bonds is 4. The highest BCUT2D eigenvalue weighted by atomic mass is 16.2. The van der Waals surface area contributed by atoms with Gasteiger partial charge in [-0.15, -0.1) is 0 Å². The van der Waals surface area contributed by atoms with Crippen LogP contribution in [0, 0.1) is 12.8 Å². The van der Waals surface area contributed by atoms with Gasteiger partial charge in [0.15, 0.2) is 0 Å². The van der Waals surface area contributed by atoms with E-state index >= 15 is 0 Å². The number of carbonyl (C=O) groups excluding carboxylic acids is 1. The van der Waals surface area contributed by atoms with Crippen molar-refractivity contribution in [1.82, 2.24) is 4.90 Å². The van der Waals surface area contributed by atoms with E-state index in [0.717, 1.165) is 43.7 Å². The van der Waals surface area contributed by atoms with Gasteiger partial charge in [0.25, 0.3) is 0 Å². The van der Waals surface area contributed by atoms with Crippen LogP contribution in [0.2, 0.25) is 0 Å². The first-order valence-electron chi connectivity index (χ1n) is 6.96. The Balaban J connectivity index is 1.79. The number of anilines is 1. The maximum atomic E-state index is 12.0. The summed E-state index contributed by atoms with van der Waals surface area (Å²) < 4.78 is 0. The normalized spacial score (nSPS) is 17.4. The largest absolute Gasteiger partial charge is 0.330 e. The molecular weight excluding hydrogens is 238 g/mol. The number of nitrogens with two attached hydrogens (primary N) is 1. The fourth-order valence-corrected chi connectivity index (χ4v) is 2.51. The van der Waals surface area contributed by atoms with E-state index in [-0.39, 0.29) is 5.91 Å². The number of aryl methyl sites for hydroxylation is 1. The fourth-order valence-electron chi connectivity index (χ4n) is 2.51. The molecule has 4 nitrogen and oxygen atoms in total. The molecule has 0 radical (unpaired) electrons. The van der Waals surface area contributed by atoms with E-state index in [9.17, 15) is 4.79 Å². The lowest BCUT2D eigenvalue weighted by Gasteiger charge is -2.30. The van der Waals surface area contributed by atoms with E-state index in [4.69, 9.17) is 5.73 Å². The monoisotopic (exact) mass is 261 g/mol. The second-order valence-corrected chi connectivity index (χ2v) is 5.37. The molecule has 0 atom stereocenters. The summed E-state index contributed by atoms with van der Waals surface area (Å²) in [5.74, 6) is 0.702. The van der Waals surface area contributed by atoms with Crippen molar-refractivity contribution in [2.45, 2.75) is 19.8 Å². The number of amides is 1. The molecule has 1 heterocycles. The Labute approximate surface area is 115 Å². The molecule has 3 N–H and O–H groups in total. The van der Waals surface area contributed by atoms with Gasteiger partial charge in [-0.25, -0.2) is 0 Å². The van der Waals surface area contributed by atoms with Crippen molar-refractivity contribution in [2.24, 2.45) is 11.7 Å². The summed E-state index contributed by atoms with van der Waals surface area (Å²) in [6.07, 6.45) is 2.21. The first kappa shape index (κ1) is 14.0. The van der Waals surface area contributed by atoms with Gasteiger partial charge in [-0.1, -0.05) is 12.1 Å². The predicted molar refractivity (Wildman–Crippen MR) is 78.0 cm³/mol. The second kappa shape index (κ2) is 6.68. The third-order valence-corrected chi connectivity index (χ3v) is 3.71. The minimum atomic E-state index is 0.0665. The Morgan fingerprint density at radius 1 is 1.42 bits per heavy atom. The van der Waals surface area contributed by atoms with Gasteiger partial charge in [0.05, 0.1) is 6.54 Å². The van der Waals surface area contributed by atoms with Gasteiger partial charge in [0.1, 0.15) is 0 Å². The number of likely N-dealkylation sites (tertiary alicyclic amines) is 1. The average molecular weight is 261 g/mol. The zero-order chi connectivity index (χ0) is 13.7. The number of nitrogens with zero attached hydrogens (tertiary/aromatic N) is 1. The third kappa shape index (κ3) is 4.33. The van der Waals surface area contributed by atoms with Crippen LogP contribution in [0.3, 0.4) is 0 Å². The van der Waals surface area contributed by atoms with Gasteiger partial charge in [0.2, 0.25) is 5.91 Å². The highest BCUT2D eigenvalue weighted by molar-refractivity contribution is 5.92. The maximum Gasteiger partial charge on any atom is 0.238 e. The van der Waals surface area contributed by atoms with Crippen molar-refractivity contribution in [1.29, 1.82) is 0 Å². The number of benzene rings is 1. The molecule has 0 aliphatic carbocycles. The number of nitrogens with one attached hydrogen (secondary N) is 1. The summed E-state index contributed by atoms with van der Waals surface area (Å²) in [4.78, 5) is 14.2. The lowest BCUT2D eigenvalue weighted by molar-refractivity contribution is -0.117. The van der Waals surface area contributed by atoms with Crippen LogP contribution >= 0.6 is 0 Å². The lowest BCUT2D eigenvalue weighted by Crippen LogP contribution is -2.40. The van der Waals surface area contributed by atoms with Crippen molar-refractivity contribution >= 4 is 11.6 Å². The number of piperidine rings is 1. The van der Waals surface area contributed by atoms with E-state index in [1.165, 1.54) is 0 Å². The lowest BCUT2D eigenvalue weighted by atomic mass is 9.97. The maximum absolute atomic E-state index is 12.0. The first-order chi connectivity index (χ1) is 9.17. The van der Waals surface area contributed by atoms with E-state index < -0.39 is 0 Å². The molecule has 4 heteroatoms. The highest BCUT2D eigenvalue weighted by Crippen LogP contribution is 2.15. The average Bonchev–Trinajstić information content (AvgIpc) is 2.39. The Morgan fingerprint density at radius 3 is 2.79 bits per heavy atom. The van der Waals surface area contributed by atoms with Crippen molar-refractivity contribution in [3.05, 3.63) is 29.8 Å². The smallest absolute Gasteiger partial charge is 0.238 e. The van der Waals surface area contributed by atoms with Gasteiger partial charge in [-0.05, 0) is 63.0 Å². The van der Waals surface area contributed by atoms with Crippen LogP contribution in [0.25, 0.3) is 0 Å². The molecule has 1 aliphatic heterocycles. The van der Waals surface area contributed by atoms with Gasteiger partial charge in [0, 0.05) is 5.69 Å². The quantitative estimate of drug-likeness (QED) is 0.865. The molecule has 0 spiro atoms. The van der Waals surface area contributed by atoms with Gasteiger partial charge in [-0.3, -0.25) is 9.69 Å². The highest BCUT2D eigenvalue weighted by Gasteiger charge is 2.19. The first-order valence-corrected chi connectivity index (χ1v) is 6.96. The van der Waals surface area contributed by atoms with Crippen molar-refractivity contribution in [3.63, 3.8) is 0 Å². The van der Waals surface area contributed by atoms with Crippen LogP contribution in [-0.2, 0) is 4.79 Å². The summed E-state index contributed by atoms with van der Waals surface area (Å²) in [6.45, 7) is 5.22. The minimum absolute atomic E-state index is 0.0665. The molecule has 1 fully saturated rings. The van der Waals surface area contributed by atoms with Gasteiger partial charge < -0.3 is 11.1 Å². The summed E-state index contributed by atoms with van der Waals surface area (Å²) in [6, 6.07) is 7.88. The molecule has 1 aliphatic rings. The zero-order valence-corrected chi connectivity index (χ0v) is 11.6. The number of hydrogen-bond acceptors (Lipinski definition) is 3. The van der Waals surface area contributed by atoms with Crippen molar-refractivity contribution in [3.8, 4) is 0 Å². The Morgan fingerprint density at radius 2 is 2.16 bits per heavy atom. The Hall–Kier alpha value is -1.39. The van der Waals surface area contributed by atoms with Crippen LogP contribution in [0.1, 0.15) is 18.4 Å². The van der Waals surface area contributed by atoms with Gasteiger partial charge in [-0.2, -0.15) is 0 Å². The zero-order valence-electron chi connectivity index (χ0n) is 11.6. The number of carbonyl (C=O) groups is 1. The Kier molecular flexibility index (Phi) is 4.93. The molecule has 2 rings (SSSR count). The molecule has 104 valence electrons. The van der Waals surface area contributed by atoms with Crippen LogP contribution < -0.4 is 11.1 Å². The van der Waals surface area contributed by atoms with Gasteiger partial charge >= 0.3 is 0 Å². The van der Waals surface area contributed by atoms with E-state index in [0.29, 0.717) is 12.5 Å². The molecule has 1 aromatic carbocycles. The SMILES string of the molecule is Cc1cccc(NC(=O)CN2CCC(CN)CC2)c1. The second-order valence-electron chi connectivity index (χ2n) is 5.37. The Bertz CT molecular complexity index is 425. The summed E-state index contributed by atoms with van der Waals surface area (Å²) >= 11 is 0. The van der Waals surface area contributed by atoms with Crippen LogP contribution in [0.4, 0.5) is 5.69 Å². The summed E-state index contributed by atoms with van der Waals surface area (Å²) in [7, 11) is 0. The van der Waals surface area contributed by atoms with Crippen molar-refractivity contribution < 1.29 is 4.79 Å². The molecule has 19 heavy (non-hydrogen) atoms. The molecule has 0 saturated carbocycles. The fraction of sp³-hybridized carbons (Fsp3) is 0.533. The third-order valence-electron chi connectivity index (χ3n) is 3.71. The topological polar surface area (TPSA) is 58.4 Å². The summed E-state index contributed by atoms with van der Waals surface area (Å²) in [5.41, 5.74) is 7.70. The van der Waals surface area contributed by atoms with Crippen LogP contribution in [0.5, 0.6) is 0 Å². The van der Waals surface area contributed by atoms with Crippen molar-refractivity contribution in [2.75, 3.05) is 31.5 Å².